The number of rotatable bonds is 6. The smallest absolute Gasteiger partial charge is 0.205 e. The van der Waals surface area contributed by atoms with E-state index in [1.807, 2.05) is 31.3 Å². The van der Waals surface area contributed by atoms with Gasteiger partial charge in [0.15, 0.2) is 5.01 Å². The normalized spacial score (nSPS) is 10.3. The summed E-state index contributed by atoms with van der Waals surface area (Å²) in [6.45, 7) is 0.505. The van der Waals surface area contributed by atoms with Gasteiger partial charge in [0, 0.05) is 13.7 Å². The minimum absolute atomic E-state index is 0.114. The zero-order valence-corrected chi connectivity index (χ0v) is 10.9. The SMILES string of the molecule is CNc1nnc(COc2ccccc2CCO)s1. The lowest BCUT2D eigenvalue weighted by Crippen LogP contribution is -2.00. The number of hydrogen-bond donors (Lipinski definition) is 2. The molecule has 0 atom stereocenters. The number of aliphatic hydroxyl groups excluding tert-OH is 1. The van der Waals surface area contributed by atoms with Crippen LogP contribution < -0.4 is 10.1 Å². The fraction of sp³-hybridized carbons (Fsp3) is 0.333. The first-order chi connectivity index (χ1) is 8.83. The largest absolute Gasteiger partial charge is 0.486 e. The minimum Gasteiger partial charge on any atom is -0.486 e. The van der Waals surface area contributed by atoms with Crippen molar-refractivity contribution in [3.8, 4) is 5.75 Å². The average molecular weight is 265 g/mol. The van der Waals surface area contributed by atoms with Crippen LogP contribution >= 0.6 is 11.3 Å². The third kappa shape index (κ3) is 3.18. The van der Waals surface area contributed by atoms with Gasteiger partial charge in [-0.15, -0.1) is 10.2 Å². The van der Waals surface area contributed by atoms with E-state index in [2.05, 4.69) is 15.5 Å². The second-order valence-corrected chi connectivity index (χ2v) is 4.68. The van der Waals surface area contributed by atoms with Gasteiger partial charge in [-0.05, 0) is 18.1 Å². The van der Waals surface area contributed by atoms with E-state index >= 15 is 0 Å². The van der Waals surface area contributed by atoms with Gasteiger partial charge in [-0.3, -0.25) is 0 Å². The van der Waals surface area contributed by atoms with Crippen LogP contribution in [0.1, 0.15) is 10.6 Å². The molecule has 1 heterocycles. The Morgan fingerprint density at radius 2 is 2.17 bits per heavy atom. The monoisotopic (exact) mass is 265 g/mol. The van der Waals surface area contributed by atoms with Crippen LogP contribution in [-0.4, -0.2) is 29.0 Å². The Kier molecular flexibility index (Phi) is 4.49. The van der Waals surface area contributed by atoms with Gasteiger partial charge < -0.3 is 15.2 Å². The van der Waals surface area contributed by atoms with E-state index in [0.29, 0.717) is 13.0 Å². The third-order valence-corrected chi connectivity index (χ3v) is 3.30. The standard InChI is InChI=1S/C12H15N3O2S/c1-13-12-15-14-11(18-12)8-17-10-5-3-2-4-9(10)6-7-16/h2-5,16H,6-8H2,1H3,(H,13,15). The van der Waals surface area contributed by atoms with Crippen molar-refractivity contribution in [1.82, 2.24) is 10.2 Å². The van der Waals surface area contributed by atoms with E-state index < -0.39 is 0 Å². The van der Waals surface area contributed by atoms with Gasteiger partial charge in [0.1, 0.15) is 12.4 Å². The van der Waals surface area contributed by atoms with Gasteiger partial charge in [-0.25, -0.2) is 0 Å². The molecule has 0 spiro atoms. The molecule has 0 aliphatic rings. The Hall–Kier alpha value is -1.66. The molecule has 0 saturated heterocycles. The summed E-state index contributed by atoms with van der Waals surface area (Å²) in [7, 11) is 1.81. The van der Waals surface area contributed by atoms with Crippen molar-refractivity contribution >= 4 is 16.5 Å². The summed E-state index contributed by atoms with van der Waals surface area (Å²) in [6, 6.07) is 7.69. The molecule has 0 saturated carbocycles. The summed E-state index contributed by atoms with van der Waals surface area (Å²) in [5, 5.41) is 21.5. The molecule has 5 nitrogen and oxygen atoms in total. The highest BCUT2D eigenvalue weighted by molar-refractivity contribution is 7.15. The number of hydrogen-bond acceptors (Lipinski definition) is 6. The summed E-state index contributed by atoms with van der Waals surface area (Å²) >= 11 is 1.46. The first-order valence-electron chi connectivity index (χ1n) is 5.65. The van der Waals surface area contributed by atoms with Gasteiger partial charge in [-0.2, -0.15) is 0 Å². The maximum Gasteiger partial charge on any atom is 0.205 e. The number of nitrogens with one attached hydrogen (secondary N) is 1. The quantitative estimate of drug-likeness (QED) is 0.832. The summed E-state index contributed by atoms with van der Waals surface area (Å²) in [5.74, 6) is 0.785. The molecule has 2 rings (SSSR count). The first-order valence-corrected chi connectivity index (χ1v) is 6.47. The van der Waals surface area contributed by atoms with Crippen molar-refractivity contribution in [2.45, 2.75) is 13.0 Å². The lowest BCUT2D eigenvalue weighted by atomic mass is 10.1. The topological polar surface area (TPSA) is 67.3 Å². The zero-order valence-electron chi connectivity index (χ0n) is 10.1. The number of anilines is 1. The second-order valence-electron chi connectivity index (χ2n) is 3.62. The molecule has 0 bridgehead atoms. The molecule has 0 radical (unpaired) electrons. The van der Waals surface area contributed by atoms with E-state index in [1.54, 1.807) is 0 Å². The van der Waals surface area contributed by atoms with Gasteiger partial charge in [0.2, 0.25) is 5.13 Å². The predicted octanol–water partition coefficient (Wildman–Crippen LogP) is 1.69. The number of aliphatic hydroxyl groups is 1. The molecule has 96 valence electrons. The van der Waals surface area contributed by atoms with E-state index in [-0.39, 0.29) is 6.61 Å². The maximum atomic E-state index is 8.98. The molecule has 1 aromatic carbocycles. The van der Waals surface area contributed by atoms with Crippen LogP contribution in [0.15, 0.2) is 24.3 Å². The highest BCUT2D eigenvalue weighted by atomic mass is 32.1. The van der Waals surface area contributed by atoms with E-state index in [0.717, 1.165) is 21.5 Å². The van der Waals surface area contributed by atoms with Crippen LogP contribution in [0.25, 0.3) is 0 Å². The van der Waals surface area contributed by atoms with Crippen molar-refractivity contribution in [1.29, 1.82) is 0 Å². The second kappa shape index (κ2) is 6.32. The molecule has 2 N–H and O–H groups in total. The van der Waals surface area contributed by atoms with Crippen LogP contribution in [-0.2, 0) is 13.0 Å². The molecule has 2 aromatic rings. The molecule has 0 unspecified atom stereocenters. The highest BCUT2D eigenvalue weighted by Crippen LogP contribution is 2.21. The molecule has 18 heavy (non-hydrogen) atoms. The Bertz CT molecular complexity index is 502. The Balaban J connectivity index is 2.01. The third-order valence-electron chi connectivity index (χ3n) is 2.39. The van der Waals surface area contributed by atoms with E-state index in [9.17, 15) is 0 Å². The fourth-order valence-corrected chi connectivity index (χ4v) is 2.13. The van der Waals surface area contributed by atoms with Crippen LogP contribution in [0.2, 0.25) is 0 Å². The van der Waals surface area contributed by atoms with Crippen molar-refractivity contribution in [3.05, 3.63) is 34.8 Å². The van der Waals surface area contributed by atoms with Crippen molar-refractivity contribution in [2.75, 3.05) is 19.0 Å². The molecular weight excluding hydrogens is 250 g/mol. The highest BCUT2D eigenvalue weighted by Gasteiger charge is 2.06. The summed E-state index contributed by atoms with van der Waals surface area (Å²) in [5.41, 5.74) is 0.998. The minimum atomic E-state index is 0.114. The molecule has 0 aliphatic carbocycles. The van der Waals surface area contributed by atoms with Gasteiger partial charge in [-0.1, -0.05) is 29.5 Å². The van der Waals surface area contributed by atoms with E-state index in [1.165, 1.54) is 11.3 Å². The van der Waals surface area contributed by atoms with Crippen molar-refractivity contribution in [2.24, 2.45) is 0 Å². The van der Waals surface area contributed by atoms with Crippen LogP contribution in [0.4, 0.5) is 5.13 Å². The lowest BCUT2D eigenvalue weighted by Gasteiger charge is -2.08. The first kappa shape index (κ1) is 12.8. The number of nitrogens with zero attached hydrogens (tertiary/aromatic N) is 2. The molecule has 6 heteroatoms. The lowest BCUT2D eigenvalue weighted by molar-refractivity contribution is 0.283. The van der Waals surface area contributed by atoms with Gasteiger partial charge in [0.05, 0.1) is 0 Å². The molecular formula is C12H15N3O2S. The van der Waals surface area contributed by atoms with Crippen molar-refractivity contribution in [3.63, 3.8) is 0 Å². The zero-order chi connectivity index (χ0) is 12.8. The molecule has 0 aliphatic heterocycles. The molecule has 0 amide bonds. The van der Waals surface area contributed by atoms with Gasteiger partial charge in [0.25, 0.3) is 0 Å². The number of para-hydroxylation sites is 1. The predicted molar refractivity (Wildman–Crippen MR) is 71.0 cm³/mol. The van der Waals surface area contributed by atoms with Crippen LogP contribution in [0.3, 0.4) is 0 Å². The maximum absolute atomic E-state index is 8.98. The Morgan fingerprint density at radius 3 is 2.89 bits per heavy atom. The van der Waals surface area contributed by atoms with Crippen LogP contribution in [0, 0.1) is 0 Å². The van der Waals surface area contributed by atoms with Crippen LogP contribution in [0.5, 0.6) is 5.75 Å². The summed E-state index contributed by atoms with van der Waals surface area (Å²) < 4.78 is 5.70. The average Bonchev–Trinajstić information content (AvgIpc) is 2.86. The Labute approximate surface area is 109 Å². The number of aromatic nitrogens is 2. The summed E-state index contributed by atoms with van der Waals surface area (Å²) in [4.78, 5) is 0. The number of ether oxygens (including phenoxy) is 1. The van der Waals surface area contributed by atoms with Gasteiger partial charge >= 0.3 is 0 Å². The molecule has 1 aromatic heterocycles. The summed E-state index contributed by atoms with van der Waals surface area (Å²) in [6.07, 6.45) is 0.591. The van der Waals surface area contributed by atoms with E-state index in [4.69, 9.17) is 9.84 Å². The molecule has 0 fully saturated rings. The van der Waals surface area contributed by atoms with Crippen molar-refractivity contribution < 1.29 is 9.84 Å². The number of benzene rings is 1. The fourth-order valence-electron chi connectivity index (χ4n) is 1.52. The Morgan fingerprint density at radius 1 is 1.33 bits per heavy atom.